The maximum atomic E-state index is 12.1. The molecule has 22 heavy (non-hydrogen) atoms. The lowest BCUT2D eigenvalue weighted by Gasteiger charge is -2.39. The number of carbonyl (C=O) groups is 1. The molecular weight excluding hydrogens is 340 g/mol. The molecule has 3 N–H and O–H groups in total. The van der Waals surface area contributed by atoms with E-state index in [0.29, 0.717) is 17.8 Å². The van der Waals surface area contributed by atoms with Crippen molar-refractivity contribution in [3.63, 3.8) is 0 Å². The van der Waals surface area contributed by atoms with Gasteiger partial charge in [0.15, 0.2) is 0 Å². The number of anilines is 1. The Morgan fingerprint density at radius 3 is 2.55 bits per heavy atom. The Balaban J connectivity index is 1.78. The van der Waals surface area contributed by atoms with Crippen molar-refractivity contribution in [3.8, 4) is 0 Å². The summed E-state index contributed by atoms with van der Waals surface area (Å²) < 4.78 is 1.07. The minimum Gasteiger partial charge on any atom is -0.385 e. The van der Waals surface area contributed by atoms with Crippen LogP contribution in [0.4, 0.5) is 5.69 Å². The Kier molecular flexibility index (Phi) is 4.23. The lowest BCUT2D eigenvalue weighted by molar-refractivity contribution is -0.124. The zero-order valence-corrected chi connectivity index (χ0v) is 14.9. The number of hydrogen-bond donors (Lipinski definition) is 2. The number of rotatable bonds is 4. The van der Waals surface area contributed by atoms with Crippen LogP contribution in [-0.2, 0) is 4.79 Å². The zero-order chi connectivity index (χ0) is 15.9. The van der Waals surface area contributed by atoms with Crippen LogP contribution in [0.25, 0.3) is 0 Å². The highest BCUT2D eigenvalue weighted by Gasteiger charge is 2.57. The lowest BCUT2D eigenvalue weighted by atomic mass is 9.66. The number of amides is 1. The van der Waals surface area contributed by atoms with E-state index in [1.54, 1.807) is 0 Å². The molecule has 3 rings (SSSR count). The number of halogens is 1. The van der Waals surface area contributed by atoms with Crippen LogP contribution in [0.15, 0.2) is 28.7 Å². The molecule has 4 atom stereocenters. The molecule has 2 saturated carbocycles. The summed E-state index contributed by atoms with van der Waals surface area (Å²) in [7, 11) is 0. The summed E-state index contributed by atoms with van der Waals surface area (Å²) in [6, 6.07) is 8.20. The molecule has 4 unspecified atom stereocenters. The predicted octanol–water partition coefficient (Wildman–Crippen LogP) is 4.03. The van der Waals surface area contributed by atoms with Gasteiger partial charge in [-0.05, 0) is 60.3 Å². The first-order valence-corrected chi connectivity index (χ1v) is 8.99. The van der Waals surface area contributed by atoms with E-state index in [1.165, 1.54) is 12.8 Å². The van der Waals surface area contributed by atoms with Gasteiger partial charge in [-0.3, -0.25) is 4.79 Å². The van der Waals surface area contributed by atoms with Crippen LogP contribution in [0.3, 0.4) is 0 Å². The standard InChI is InChI=1S/C18H25BrN2O/c1-18(2)14-4-3-5-15(18)16(17(20)22)13(14)10-21-12-8-6-11(19)7-9-12/h6-9,13-16,21H,3-5,10H2,1-2H3,(H2,20,22). The minimum atomic E-state index is -0.106. The van der Waals surface area contributed by atoms with Crippen LogP contribution in [0.1, 0.15) is 33.1 Å². The van der Waals surface area contributed by atoms with E-state index in [-0.39, 0.29) is 17.2 Å². The largest absolute Gasteiger partial charge is 0.385 e. The molecule has 2 aliphatic carbocycles. The van der Waals surface area contributed by atoms with Crippen LogP contribution in [0.2, 0.25) is 0 Å². The summed E-state index contributed by atoms with van der Waals surface area (Å²) in [5, 5.41) is 3.52. The molecule has 1 aromatic carbocycles. The van der Waals surface area contributed by atoms with Crippen molar-refractivity contribution in [1.82, 2.24) is 0 Å². The smallest absolute Gasteiger partial charge is 0.221 e. The van der Waals surface area contributed by atoms with Crippen molar-refractivity contribution in [1.29, 1.82) is 0 Å². The summed E-state index contributed by atoms with van der Waals surface area (Å²) in [5.41, 5.74) is 7.11. The summed E-state index contributed by atoms with van der Waals surface area (Å²) in [5.74, 6) is 1.30. The average Bonchev–Trinajstić information content (AvgIpc) is 2.61. The van der Waals surface area contributed by atoms with Gasteiger partial charge in [0.25, 0.3) is 0 Å². The van der Waals surface area contributed by atoms with Gasteiger partial charge in [-0.2, -0.15) is 0 Å². The second-order valence-electron chi connectivity index (χ2n) is 7.45. The van der Waals surface area contributed by atoms with Crippen LogP contribution in [0, 0.1) is 29.1 Å². The first-order chi connectivity index (χ1) is 10.4. The summed E-state index contributed by atoms with van der Waals surface area (Å²) in [4.78, 5) is 12.1. The number of benzene rings is 1. The first-order valence-electron chi connectivity index (χ1n) is 8.20. The molecule has 120 valence electrons. The SMILES string of the molecule is CC1(C)C2CCCC1C(C(N)=O)C2CNc1ccc(Br)cc1. The highest BCUT2D eigenvalue weighted by atomic mass is 79.9. The monoisotopic (exact) mass is 364 g/mol. The number of hydrogen-bond acceptors (Lipinski definition) is 2. The highest BCUT2D eigenvalue weighted by Crippen LogP contribution is 2.60. The molecule has 0 heterocycles. The Labute approximate surface area is 141 Å². The van der Waals surface area contributed by atoms with Gasteiger partial charge in [-0.25, -0.2) is 0 Å². The normalized spacial score (nSPS) is 32.7. The molecule has 0 saturated heterocycles. The highest BCUT2D eigenvalue weighted by molar-refractivity contribution is 9.10. The fourth-order valence-corrected chi connectivity index (χ4v) is 5.28. The van der Waals surface area contributed by atoms with Gasteiger partial charge < -0.3 is 11.1 Å². The van der Waals surface area contributed by atoms with Gasteiger partial charge in [0, 0.05) is 22.6 Å². The number of carbonyl (C=O) groups excluding carboxylic acids is 1. The third-order valence-corrected chi connectivity index (χ3v) is 6.60. The topological polar surface area (TPSA) is 55.1 Å². The van der Waals surface area contributed by atoms with Crippen LogP contribution in [0.5, 0.6) is 0 Å². The number of nitrogens with one attached hydrogen (secondary N) is 1. The molecule has 2 aliphatic rings. The second-order valence-corrected chi connectivity index (χ2v) is 8.36. The Morgan fingerprint density at radius 2 is 1.91 bits per heavy atom. The van der Waals surface area contributed by atoms with Crippen molar-refractivity contribution < 1.29 is 4.79 Å². The van der Waals surface area contributed by atoms with Gasteiger partial charge in [0.1, 0.15) is 0 Å². The molecule has 2 fully saturated rings. The average molecular weight is 365 g/mol. The van der Waals surface area contributed by atoms with E-state index >= 15 is 0 Å². The quantitative estimate of drug-likeness (QED) is 0.846. The van der Waals surface area contributed by atoms with Crippen molar-refractivity contribution in [3.05, 3.63) is 28.7 Å². The van der Waals surface area contributed by atoms with E-state index in [2.05, 4.69) is 47.2 Å². The molecule has 0 radical (unpaired) electrons. The van der Waals surface area contributed by atoms with Gasteiger partial charge in [0.2, 0.25) is 5.91 Å². The first kappa shape index (κ1) is 15.9. The van der Waals surface area contributed by atoms with Gasteiger partial charge in [0.05, 0.1) is 0 Å². The van der Waals surface area contributed by atoms with Crippen LogP contribution in [-0.4, -0.2) is 12.5 Å². The predicted molar refractivity (Wildman–Crippen MR) is 93.4 cm³/mol. The Bertz CT molecular complexity index is 555. The number of nitrogens with two attached hydrogens (primary N) is 1. The molecular formula is C18H25BrN2O. The molecule has 0 spiro atoms. The van der Waals surface area contributed by atoms with Crippen molar-refractivity contribution in [2.45, 2.75) is 33.1 Å². The molecule has 1 aromatic rings. The molecule has 0 aliphatic heterocycles. The summed E-state index contributed by atoms with van der Waals surface area (Å²) in [6.45, 7) is 5.49. The maximum Gasteiger partial charge on any atom is 0.221 e. The molecule has 1 amide bonds. The van der Waals surface area contributed by atoms with Crippen molar-refractivity contribution in [2.75, 3.05) is 11.9 Å². The van der Waals surface area contributed by atoms with E-state index in [0.717, 1.165) is 23.1 Å². The van der Waals surface area contributed by atoms with Gasteiger partial charge >= 0.3 is 0 Å². The molecule has 3 nitrogen and oxygen atoms in total. The van der Waals surface area contributed by atoms with Crippen LogP contribution < -0.4 is 11.1 Å². The van der Waals surface area contributed by atoms with E-state index in [9.17, 15) is 4.79 Å². The fourth-order valence-electron chi connectivity index (χ4n) is 5.02. The lowest BCUT2D eigenvalue weighted by Crippen LogP contribution is -2.35. The minimum absolute atomic E-state index is 0.0189. The zero-order valence-electron chi connectivity index (χ0n) is 13.3. The number of primary amides is 1. The van der Waals surface area contributed by atoms with Gasteiger partial charge in [-0.15, -0.1) is 0 Å². The van der Waals surface area contributed by atoms with Crippen molar-refractivity contribution >= 4 is 27.5 Å². The van der Waals surface area contributed by atoms with Crippen LogP contribution >= 0.6 is 15.9 Å². The summed E-state index contributed by atoms with van der Waals surface area (Å²) in [6.07, 6.45) is 3.60. The third kappa shape index (κ3) is 2.66. The Hall–Kier alpha value is -1.03. The fraction of sp³-hybridized carbons (Fsp3) is 0.611. The number of fused-ring (bicyclic) bond motifs is 2. The van der Waals surface area contributed by atoms with Gasteiger partial charge in [-0.1, -0.05) is 36.2 Å². The molecule has 0 aromatic heterocycles. The molecule has 2 bridgehead atoms. The second kappa shape index (κ2) is 5.88. The van der Waals surface area contributed by atoms with E-state index in [4.69, 9.17) is 5.73 Å². The summed E-state index contributed by atoms with van der Waals surface area (Å²) >= 11 is 3.45. The third-order valence-electron chi connectivity index (χ3n) is 6.07. The Morgan fingerprint density at radius 1 is 1.27 bits per heavy atom. The van der Waals surface area contributed by atoms with E-state index in [1.807, 2.05) is 12.1 Å². The molecule has 4 heteroatoms. The maximum absolute atomic E-state index is 12.1. The van der Waals surface area contributed by atoms with Crippen molar-refractivity contribution in [2.24, 2.45) is 34.8 Å². The van der Waals surface area contributed by atoms with E-state index < -0.39 is 0 Å².